The van der Waals surface area contributed by atoms with E-state index in [-0.39, 0.29) is 37.1 Å². The number of esters is 2. The van der Waals surface area contributed by atoms with Gasteiger partial charge in [0.2, 0.25) is 5.91 Å². The van der Waals surface area contributed by atoms with Gasteiger partial charge in [-0.1, -0.05) is 73.5 Å². The Morgan fingerprint density at radius 1 is 0.947 bits per heavy atom. The van der Waals surface area contributed by atoms with Crippen LogP contribution in [-0.2, 0) is 36.9 Å². The molecule has 1 saturated carbocycles. The van der Waals surface area contributed by atoms with Gasteiger partial charge in [0.15, 0.2) is 0 Å². The van der Waals surface area contributed by atoms with Gasteiger partial charge in [0.1, 0.15) is 18.7 Å². The number of aryl methyl sites for hydroxylation is 1. The predicted octanol–water partition coefficient (Wildman–Crippen LogP) is 4.43. The normalized spacial score (nSPS) is 22.3. The molecule has 1 N–H and O–H groups in total. The molecule has 2 aromatic rings. The van der Waals surface area contributed by atoms with Crippen LogP contribution in [0.5, 0.6) is 0 Å². The van der Waals surface area contributed by atoms with Crippen molar-refractivity contribution in [1.29, 1.82) is 0 Å². The van der Waals surface area contributed by atoms with Crippen molar-refractivity contribution in [1.82, 2.24) is 10.2 Å². The van der Waals surface area contributed by atoms with Gasteiger partial charge in [-0.15, -0.1) is 0 Å². The highest BCUT2D eigenvalue weighted by Crippen LogP contribution is 2.40. The molecular formula is C31H40N2O5. The summed E-state index contributed by atoms with van der Waals surface area (Å²) in [5.74, 6) is -0.572. The zero-order valence-corrected chi connectivity index (χ0v) is 22.5. The number of rotatable bonds is 11. The van der Waals surface area contributed by atoms with Crippen LogP contribution in [-0.4, -0.2) is 53.5 Å². The van der Waals surface area contributed by atoms with Crippen LogP contribution in [0, 0.1) is 5.92 Å². The highest BCUT2D eigenvalue weighted by Gasteiger charge is 2.49. The molecule has 1 heterocycles. The Balaban J connectivity index is 1.45. The number of nitrogens with zero attached hydrogens (tertiary/aromatic N) is 1. The SMILES string of the molecule is CCOC(=O)[C@H](CCc1ccccc1)N[C@@H](C)C(=O)N1[C@@H](C(=O)OCc2ccccc2)C[C@@H]2CCCC[C@@H]21. The molecule has 0 spiro atoms. The summed E-state index contributed by atoms with van der Waals surface area (Å²) in [6, 6.07) is 17.7. The second kappa shape index (κ2) is 13.6. The van der Waals surface area contributed by atoms with Crippen LogP contribution < -0.4 is 5.32 Å². The fourth-order valence-corrected chi connectivity index (χ4v) is 5.88. The van der Waals surface area contributed by atoms with E-state index >= 15 is 0 Å². The molecular weight excluding hydrogens is 480 g/mol. The third kappa shape index (κ3) is 7.01. The Bertz CT molecular complexity index is 1060. The third-order valence-electron chi connectivity index (χ3n) is 7.80. The Morgan fingerprint density at radius 3 is 2.29 bits per heavy atom. The lowest BCUT2D eigenvalue weighted by Gasteiger charge is -2.35. The third-order valence-corrected chi connectivity index (χ3v) is 7.80. The number of fused-ring (bicyclic) bond motifs is 1. The van der Waals surface area contributed by atoms with Crippen molar-refractivity contribution in [2.24, 2.45) is 5.92 Å². The van der Waals surface area contributed by atoms with Crippen LogP contribution in [0.4, 0.5) is 0 Å². The monoisotopic (exact) mass is 520 g/mol. The molecule has 5 atom stereocenters. The van der Waals surface area contributed by atoms with Crippen molar-refractivity contribution in [2.75, 3.05) is 6.61 Å². The summed E-state index contributed by atoms with van der Waals surface area (Å²) >= 11 is 0. The fraction of sp³-hybridized carbons (Fsp3) is 0.516. The number of ether oxygens (including phenoxy) is 2. The molecule has 0 radical (unpaired) electrons. The van der Waals surface area contributed by atoms with Crippen LogP contribution in [0.15, 0.2) is 60.7 Å². The lowest BCUT2D eigenvalue weighted by atomic mass is 9.84. The summed E-state index contributed by atoms with van der Waals surface area (Å²) in [5, 5.41) is 3.24. The molecule has 2 aliphatic rings. The lowest BCUT2D eigenvalue weighted by Crippen LogP contribution is -2.56. The number of carbonyl (C=O) groups is 3. The molecule has 1 amide bonds. The largest absolute Gasteiger partial charge is 0.465 e. The van der Waals surface area contributed by atoms with Gasteiger partial charge >= 0.3 is 11.9 Å². The Morgan fingerprint density at radius 2 is 1.61 bits per heavy atom. The molecule has 0 unspecified atom stereocenters. The fourth-order valence-electron chi connectivity index (χ4n) is 5.88. The summed E-state index contributed by atoms with van der Waals surface area (Å²) in [7, 11) is 0. The van der Waals surface area contributed by atoms with E-state index in [0.717, 1.165) is 36.8 Å². The van der Waals surface area contributed by atoms with E-state index < -0.39 is 18.1 Å². The van der Waals surface area contributed by atoms with Crippen molar-refractivity contribution < 1.29 is 23.9 Å². The van der Waals surface area contributed by atoms with Gasteiger partial charge < -0.3 is 14.4 Å². The smallest absolute Gasteiger partial charge is 0.329 e. The number of benzene rings is 2. The maximum Gasteiger partial charge on any atom is 0.329 e. The molecule has 0 aromatic heterocycles. The molecule has 1 aliphatic carbocycles. The number of carbonyl (C=O) groups excluding carboxylic acids is 3. The minimum Gasteiger partial charge on any atom is -0.465 e. The van der Waals surface area contributed by atoms with Gasteiger partial charge in [-0.05, 0) is 63.0 Å². The van der Waals surface area contributed by atoms with Crippen LogP contribution >= 0.6 is 0 Å². The van der Waals surface area contributed by atoms with E-state index in [9.17, 15) is 14.4 Å². The van der Waals surface area contributed by atoms with Crippen LogP contribution in [0.2, 0.25) is 0 Å². The molecule has 204 valence electrons. The average molecular weight is 521 g/mol. The number of amides is 1. The van der Waals surface area contributed by atoms with E-state index in [4.69, 9.17) is 9.47 Å². The topological polar surface area (TPSA) is 84.9 Å². The summed E-state index contributed by atoms with van der Waals surface area (Å²) in [6.45, 7) is 4.01. The van der Waals surface area contributed by atoms with E-state index in [1.807, 2.05) is 60.7 Å². The Hall–Kier alpha value is -3.19. The first-order valence-corrected chi connectivity index (χ1v) is 14.0. The van der Waals surface area contributed by atoms with E-state index in [1.54, 1.807) is 18.7 Å². The predicted molar refractivity (Wildman–Crippen MR) is 145 cm³/mol. The molecule has 1 saturated heterocycles. The van der Waals surface area contributed by atoms with Crippen molar-refractivity contribution in [3.63, 3.8) is 0 Å². The van der Waals surface area contributed by atoms with Crippen molar-refractivity contribution in [3.05, 3.63) is 71.8 Å². The zero-order chi connectivity index (χ0) is 26.9. The van der Waals surface area contributed by atoms with E-state index in [2.05, 4.69) is 5.32 Å². The summed E-state index contributed by atoms with van der Waals surface area (Å²) in [4.78, 5) is 41.7. The van der Waals surface area contributed by atoms with Gasteiger partial charge in [-0.2, -0.15) is 0 Å². The molecule has 0 bridgehead atoms. The zero-order valence-electron chi connectivity index (χ0n) is 22.5. The molecule has 1 aliphatic heterocycles. The van der Waals surface area contributed by atoms with Gasteiger partial charge in [0.05, 0.1) is 12.6 Å². The van der Waals surface area contributed by atoms with E-state index in [1.165, 1.54) is 0 Å². The van der Waals surface area contributed by atoms with Crippen molar-refractivity contribution in [2.45, 2.75) is 89.6 Å². The molecule has 38 heavy (non-hydrogen) atoms. The minimum absolute atomic E-state index is 0.0279. The van der Waals surface area contributed by atoms with Crippen molar-refractivity contribution in [3.8, 4) is 0 Å². The maximum atomic E-state index is 13.9. The first-order chi connectivity index (χ1) is 18.5. The summed E-state index contributed by atoms with van der Waals surface area (Å²) in [5.41, 5.74) is 2.04. The van der Waals surface area contributed by atoms with Crippen LogP contribution in [0.1, 0.15) is 63.5 Å². The molecule has 7 nitrogen and oxygen atoms in total. The summed E-state index contributed by atoms with van der Waals surface area (Å²) < 4.78 is 11.0. The first kappa shape index (κ1) is 27.8. The number of likely N-dealkylation sites (tertiary alicyclic amines) is 1. The standard InChI is InChI=1S/C31H40N2O5/c1-3-37-30(35)26(19-18-23-12-6-4-7-13-23)32-22(2)29(34)33-27-17-11-10-16-25(27)20-28(33)31(36)38-21-24-14-8-5-9-15-24/h4-9,12-15,22,25-28,32H,3,10-11,16-21H2,1-2H3/t22-,25-,26-,27-,28+/m0/s1. The molecule has 2 fully saturated rings. The average Bonchev–Trinajstić information content (AvgIpc) is 3.34. The quantitative estimate of drug-likeness (QED) is 0.441. The maximum absolute atomic E-state index is 13.9. The van der Waals surface area contributed by atoms with Gasteiger partial charge in [0.25, 0.3) is 0 Å². The number of hydrogen-bond donors (Lipinski definition) is 1. The van der Waals surface area contributed by atoms with Gasteiger partial charge in [-0.3, -0.25) is 14.9 Å². The number of nitrogens with one attached hydrogen (secondary N) is 1. The Labute approximate surface area is 225 Å². The van der Waals surface area contributed by atoms with Crippen LogP contribution in [0.3, 0.4) is 0 Å². The van der Waals surface area contributed by atoms with E-state index in [0.29, 0.717) is 25.2 Å². The summed E-state index contributed by atoms with van der Waals surface area (Å²) in [6.07, 6.45) is 5.89. The lowest BCUT2D eigenvalue weighted by molar-refractivity contribution is -0.157. The minimum atomic E-state index is -0.648. The van der Waals surface area contributed by atoms with Crippen molar-refractivity contribution >= 4 is 17.8 Å². The first-order valence-electron chi connectivity index (χ1n) is 14.0. The second-order valence-electron chi connectivity index (χ2n) is 10.4. The molecule has 2 aromatic carbocycles. The molecule has 4 rings (SSSR count). The van der Waals surface area contributed by atoms with Crippen LogP contribution in [0.25, 0.3) is 0 Å². The highest BCUT2D eigenvalue weighted by atomic mass is 16.5. The number of hydrogen-bond acceptors (Lipinski definition) is 6. The van der Waals surface area contributed by atoms with Gasteiger partial charge in [-0.25, -0.2) is 4.79 Å². The Kier molecular flexibility index (Phi) is 9.93. The molecule has 7 heteroatoms. The highest BCUT2D eigenvalue weighted by molar-refractivity contribution is 5.89. The second-order valence-corrected chi connectivity index (χ2v) is 10.4. The van der Waals surface area contributed by atoms with Gasteiger partial charge in [0, 0.05) is 6.04 Å².